The summed E-state index contributed by atoms with van der Waals surface area (Å²) in [7, 11) is 4.10. The summed E-state index contributed by atoms with van der Waals surface area (Å²) >= 11 is 0. The lowest BCUT2D eigenvalue weighted by Crippen LogP contribution is -2.42. The third-order valence-electron chi connectivity index (χ3n) is 3.49. The number of piperidine rings is 1. The van der Waals surface area contributed by atoms with Crippen LogP contribution < -0.4 is 11.1 Å². The van der Waals surface area contributed by atoms with E-state index in [9.17, 15) is 4.79 Å². The van der Waals surface area contributed by atoms with E-state index in [1.54, 1.807) is 0 Å². The molecule has 0 aromatic heterocycles. The van der Waals surface area contributed by atoms with Crippen molar-refractivity contribution in [2.24, 2.45) is 11.7 Å². The Kier molecular flexibility index (Phi) is 7.23. The van der Waals surface area contributed by atoms with E-state index < -0.39 is 0 Å². The highest BCUT2D eigenvalue weighted by molar-refractivity contribution is 5.78. The molecule has 0 aliphatic carbocycles. The molecule has 0 unspecified atom stereocenters. The van der Waals surface area contributed by atoms with Crippen LogP contribution in [0.4, 0.5) is 0 Å². The van der Waals surface area contributed by atoms with Crippen molar-refractivity contribution in [1.82, 2.24) is 15.1 Å². The van der Waals surface area contributed by atoms with Gasteiger partial charge in [0.05, 0.1) is 0 Å². The summed E-state index contributed by atoms with van der Waals surface area (Å²) in [4.78, 5) is 16.4. The van der Waals surface area contributed by atoms with Crippen LogP contribution in [0.15, 0.2) is 0 Å². The van der Waals surface area contributed by atoms with Gasteiger partial charge in [0, 0.05) is 25.6 Å². The van der Waals surface area contributed by atoms with Crippen LogP contribution in [0.3, 0.4) is 0 Å². The Balaban J connectivity index is 2.12. The first kappa shape index (κ1) is 15.4. The van der Waals surface area contributed by atoms with Crippen LogP contribution in [0.1, 0.15) is 19.3 Å². The van der Waals surface area contributed by atoms with Crippen LogP contribution in [0.2, 0.25) is 0 Å². The predicted molar refractivity (Wildman–Crippen MR) is 74.4 cm³/mol. The lowest BCUT2D eigenvalue weighted by Gasteiger charge is -2.30. The fourth-order valence-corrected chi connectivity index (χ4v) is 2.35. The van der Waals surface area contributed by atoms with Crippen molar-refractivity contribution in [3.8, 4) is 0 Å². The van der Waals surface area contributed by atoms with E-state index in [2.05, 4.69) is 29.2 Å². The highest BCUT2D eigenvalue weighted by Gasteiger charge is 2.23. The van der Waals surface area contributed by atoms with Gasteiger partial charge in [-0.05, 0) is 53.0 Å². The summed E-state index contributed by atoms with van der Waals surface area (Å²) in [5, 5.41) is 3.05. The van der Waals surface area contributed by atoms with Crippen LogP contribution in [0.25, 0.3) is 0 Å². The maximum atomic E-state index is 11.9. The normalized spacial score (nSPS) is 18.2. The number of carbonyl (C=O) groups is 1. The Morgan fingerprint density at radius 2 is 2.06 bits per heavy atom. The minimum absolute atomic E-state index is 0.207. The SMILES string of the molecule is CN(C)CCCNC(=O)C1CCN(CCN)CC1. The molecule has 1 amide bonds. The van der Waals surface area contributed by atoms with Crippen LogP contribution in [-0.2, 0) is 4.79 Å². The lowest BCUT2D eigenvalue weighted by molar-refractivity contribution is -0.126. The smallest absolute Gasteiger partial charge is 0.223 e. The maximum Gasteiger partial charge on any atom is 0.223 e. The highest BCUT2D eigenvalue weighted by atomic mass is 16.1. The van der Waals surface area contributed by atoms with E-state index in [0.717, 1.165) is 52.0 Å². The average Bonchev–Trinajstić information content (AvgIpc) is 2.35. The molecule has 1 aliphatic heterocycles. The topological polar surface area (TPSA) is 61.6 Å². The number of carbonyl (C=O) groups excluding carboxylic acids is 1. The zero-order valence-electron chi connectivity index (χ0n) is 11.8. The van der Waals surface area contributed by atoms with Gasteiger partial charge in [0.1, 0.15) is 0 Å². The van der Waals surface area contributed by atoms with Crippen molar-refractivity contribution in [1.29, 1.82) is 0 Å². The number of nitrogens with one attached hydrogen (secondary N) is 1. The number of nitrogens with two attached hydrogens (primary N) is 1. The van der Waals surface area contributed by atoms with Crippen LogP contribution in [0, 0.1) is 5.92 Å². The van der Waals surface area contributed by atoms with Gasteiger partial charge < -0.3 is 20.9 Å². The van der Waals surface area contributed by atoms with Gasteiger partial charge in [0.25, 0.3) is 0 Å². The number of amides is 1. The van der Waals surface area contributed by atoms with E-state index in [0.29, 0.717) is 6.54 Å². The molecular formula is C13H28N4O. The summed E-state index contributed by atoms with van der Waals surface area (Å²) in [6.45, 7) is 5.49. The van der Waals surface area contributed by atoms with Crippen molar-refractivity contribution in [2.75, 3.05) is 53.4 Å². The highest BCUT2D eigenvalue weighted by Crippen LogP contribution is 2.16. The van der Waals surface area contributed by atoms with Gasteiger partial charge in [-0.1, -0.05) is 0 Å². The van der Waals surface area contributed by atoms with E-state index in [4.69, 9.17) is 5.73 Å². The molecule has 0 radical (unpaired) electrons. The molecule has 0 spiro atoms. The number of rotatable bonds is 7. The van der Waals surface area contributed by atoms with Crippen molar-refractivity contribution in [3.05, 3.63) is 0 Å². The Hall–Kier alpha value is -0.650. The van der Waals surface area contributed by atoms with E-state index in [1.807, 2.05) is 0 Å². The van der Waals surface area contributed by atoms with E-state index in [-0.39, 0.29) is 11.8 Å². The first-order chi connectivity index (χ1) is 8.63. The molecule has 1 heterocycles. The van der Waals surface area contributed by atoms with Crippen LogP contribution in [-0.4, -0.2) is 69.1 Å². The van der Waals surface area contributed by atoms with Crippen molar-refractivity contribution in [3.63, 3.8) is 0 Å². The minimum Gasteiger partial charge on any atom is -0.356 e. The molecule has 0 aromatic carbocycles. The van der Waals surface area contributed by atoms with E-state index >= 15 is 0 Å². The molecule has 1 saturated heterocycles. The summed E-state index contributed by atoms with van der Waals surface area (Å²) in [6, 6.07) is 0. The molecule has 1 fully saturated rings. The van der Waals surface area contributed by atoms with Gasteiger partial charge in [0.15, 0.2) is 0 Å². The monoisotopic (exact) mass is 256 g/mol. The van der Waals surface area contributed by atoms with Gasteiger partial charge >= 0.3 is 0 Å². The fraction of sp³-hybridized carbons (Fsp3) is 0.923. The minimum atomic E-state index is 0.207. The Morgan fingerprint density at radius 3 is 2.61 bits per heavy atom. The second-order valence-electron chi connectivity index (χ2n) is 5.35. The van der Waals surface area contributed by atoms with Crippen molar-refractivity contribution < 1.29 is 4.79 Å². The third-order valence-corrected chi connectivity index (χ3v) is 3.49. The lowest BCUT2D eigenvalue weighted by atomic mass is 9.96. The van der Waals surface area contributed by atoms with Crippen LogP contribution in [0.5, 0.6) is 0 Å². The largest absolute Gasteiger partial charge is 0.356 e. The van der Waals surface area contributed by atoms with Gasteiger partial charge in [-0.25, -0.2) is 0 Å². The molecule has 1 rings (SSSR count). The molecule has 106 valence electrons. The molecule has 5 heteroatoms. The quantitative estimate of drug-likeness (QED) is 0.615. The molecule has 0 atom stereocenters. The van der Waals surface area contributed by atoms with Gasteiger partial charge in [-0.2, -0.15) is 0 Å². The molecule has 0 bridgehead atoms. The number of likely N-dealkylation sites (tertiary alicyclic amines) is 1. The molecule has 5 nitrogen and oxygen atoms in total. The Labute approximate surface area is 111 Å². The fourth-order valence-electron chi connectivity index (χ4n) is 2.35. The number of hydrogen-bond donors (Lipinski definition) is 2. The molecule has 18 heavy (non-hydrogen) atoms. The summed E-state index contributed by atoms with van der Waals surface area (Å²) in [5.41, 5.74) is 5.53. The molecular weight excluding hydrogens is 228 g/mol. The second-order valence-corrected chi connectivity index (χ2v) is 5.35. The standard InChI is InChI=1S/C13H28N4O/c1-16(2)8-3-7-15-13(18)12-4-9-17(10-5-12)11-6-14/h12H,3-11,14H2,1-2H3,(H,15,18). The van der Waals surface area contributed by atoms with Crippen LogP contribution >= 0.6 is 0 Å². The Bertz CT molecular complexity index is 237. The summed E-state index contributed by atoms with van der Waals surface area (Å²) in [6.07, 6.45) is 2.96. The van der Waals surface area contributed by atoms with E-state index in [1.165, 1.54) is 0 Å². The zero-order chi connectivity index (χ0) is 13.4. The summed E-state index contributed by atoms with van der Waals surface area (Å²) in [5.74, 6) is 0.444. The van der Waals surface area contributed by atoms with Gasteiger partial charge in [-0.15, -0.1) is 0 Å². The first-order valence-corrected chi connectivity index (χ1v) is 6.98. The van der Waals surface area contributed by atoms with Gasteiger partial charge in [-0.3, -0.25) is 4.79 Å². The van der Waals surface area contributed by atoms with Gasteiger partial charge in [0.2, 0.25) is 5.91 Å². The predicted octanol–water partition coefficient (Wildman–Crippen LogP) is -0.275. The number of hydrogen-bond acceptors (Lipinski definition) is 4. The van der Waals surface area contributed by atoms with Crippen molar-refractivity contribution in [2.45, 2.75) is 19.3 Å². The third kappa shape index (κ3) is 5.80. The van der Waals surface area contributed by atoms with Crippen molar-refractivity contribution >= 4 is 5.91 Å². The molecule has 3 N–H and O–H groups in total. The molecule has 0 saturated carbocycles. The zero-order valence-corrected chi connectivity index (χ0v) is 11.8. The first-order valence-electron chi connectivity index (χ1n) is 6.98. The molecule has 0 aromatic rings. The second kappa shape index (κ2) is 8.45. The summed E-state index contributed by atoms with van der Waals surface area (Å²) < 4.78 is 0. The molecule has 1 aliphatic rings. The Morgan fingerprint density at radius 1 is 1.39 bits per heavy atom. The average molecular weight is 256 g/mol. The maximum absolute atomic E-state index is 11.9. The number of nitrogens with zero attached hydrogens (tertiary/aromatic N) is 2.